The van der Waals surface area contributed by atoms with Crippen LogP contribution >= 0.6 is 0 Å². The summed E-state index contributed by atoms with van der Waals surface area (Å²) in [5.74, 6) is 0.965. The van der Waals surface area contributed by atoms with Crippen molar-refractivity contribution in [1.82, 2.24) is 0 Å². The third kappa shape index (κ3) is 4.94. The van der Waals surface area contributed by atoms with E-state index in [0.29, 0.717) is 39.2 Å². The third-order valence-corrected chi connectivity index (χ3v) is 7.39. The van der Waals surface area contributed by atoms with Crippen LogP contribution in [-0.2, 0) is 4.74 Å². The monoisotopic (exact) mass is 593 g/mol. The van der Waals surface area contributed by atoms with E-state index in [4.69, 9.17) is 28.1 Å². The van der Waals surface area contributed by atoms with Crippen LogP contribution in [0.4, 0.5) is 0 Å². The van der Waals surface area contributed by atoms with E-state index in [1.165, 1.54) is 38.5 Å². The van der Waals surface area contributed by atoms with E-state index in [0.717, 1.165) is 0 Å². The lowest BCUT2D eigenvalue weighted by atomic mass is 9.98. The summed E-state index contributed by atoms with van der Waals surface area (Å²) in [7, 11) is 2.75. The van der Waals surface area contributed by atoms with Crippen LogP contribution in [0.3, 0.4) is 0 Å². The van der Waals surface area contributed by atoms with Crippen molar-refractivity contribution in [3.05, 3.63) is 65.7 Å². The van der Waals surface area contributed by atoms with Crippen molar-refractivity contribution in [2.75, 3.05) is 20.8 Å². The molecule has 4 aromatic rings. The molecule has 2 aliphatic rings. The van der Waals surface area contributed by atoms with Gasteiger partial charge in [-0.1, -0.05) is 0 Å². The van der Waals surface area contributed by atoms with Gasteiger partial charge < -0.3 is 54.3 Å². The van der Waals surface area contributed by atoms with Crippen molar-refractivity contribution >= 4 is 22.8 Å². The molecule has 6 rings (SSSR count). The number of hydrogen-bond donors (Lipinski definition) is 6. The minimum atomic E-state index is -1.71. The lowest BCUT2D eigenvalue weighted by Gasteiger charge is -2.39. The molecule has 0 aliphatic carbocycles. The van der Waals surface area contributed by atoms with Gasteiger partial charge in [-0.15, -0.1) is 0 Å². The van der Waals surface area contributed by atoms with E-state index >= 15 is 0 Å². The first-order valence-corrected chi connectivity index (χ1v) is 13.3. The Morgan fingerprint density at radius 2 is 1.56 bits per heavy atom. The number of aromatic hydroxyl groups is 2. The van der Waals surface area contributed by atoms with Crippen LogP contribution in [0, 0.1) is 0 Å². The van der Waals surface area contributed by atoms with E-state index in [1.807, 2.05) is 0 Å². The molecule has 0 saturated carbocycles. The number of rotatable bonds is 7. The zero-order valence-corrected chi connectivity index (χ0v) is 23.0. The molecule has 12 heteroatoms. The van der Waals surface area contributed by atoms with E-state index in [2.05, 4.69) is 0 Å². The minimum Gasteiger partial charge on any atom is -0.508 e. The van der Waals surface area contributed by atoms with Crippen LogP contribution in [0.25, 0.3) is 34.1 Å². The summed E-state index contributed by atoms with van der Waals surface area (Å²) in [5.41, 5.74) is 1.83. The highest BCUT2D eigenvalue weighted by atomic mass is 16.7. The summed E-state index contributed by atoms with van der Waals surface area (Å²) in [5, 5.41) is 62.2. The van der Waals surface area contributed by atoms with Crippen LogP contribution in [-0.4, -0.2) is 82.2 Å². The second kappa shape index (κ2) is 11.2. The topological polar surface area (TPSA) is 179 Å². The molecule has 2 aliphatic heterocycles. The van der Waals surface area contributed by atoms with E-state index < -0.39 is 37.3 Å². The van der Waals surface area contributed by atoms with Gasteiger partial charge in [-0.05, 0) is 42.5 Å². The molecule has 1 fully saturated rings. The molecule has 12 nitrogen and oxygen atoms in total. The molecule has 0 radical (unpaired) electrons. The molecular weight excluding hydrogens is 564 g/mol. The number of phenols is 2. The SMILES string of the molecule is COc1cc(-c2[o+]c3cccc4c3c(c2O[C@@H]2O[C@H](CO)[C@@H](O)[C@H](O)[C@H]2O)C=C(c2ccc(O)cc2)O4)cc(OC)c1O. The van der Waals surface area contributed by atoms with Gasteiger partial charge >= 0.3 is 11.3 Å². The molecule has 224 valence electrons. The Morgan fingerprint density at radius 3 is 2.21 bits per heavy atom. The Kier molecular flexibility index (Phi) is 7.46. The molecule has 6 N–H and O–H groups in total. The van der Waals surface area contributed by atoms with Gasteiger partial charge in [0.1, 0.15) is 47.1 Å². The molecular formula is C31H29O12+. The summed E-state index contributed by atoms with van der Waals surface area (Å²) >= 11 is 0. The first kappa shape index (κ1) is 28.5. The van der Waals surface area contributed by atoms with Crippen molar-refractivity contribution in [2.24, 2.45) is 0 Å². The molecule has 3 heterocycles. The van der Waals surface area contributed by atoms with Crippen LogP contribution < -0.4 is 18.9 Å². The first-order chi connectivity index (χ1) is 20.7. The van der Waals surface area contributed by atoms with Gasteiger partial charge in [0.05, 0.1) is 32.0 Å². The largest absolute Gasteiger partial charge is 0.508 e. The second-order valence-corrected chi connectivity index (χ2v) is 10.0. The van der Waals surface area contributed by atoms with Crippen LogP contribution in [0.5, 0.6) is 34.5 Å². The smallest absolute Gasteiger partial charge is 0.403 e. The molecule has 43 heavy (non-hydrogen) atoms. The van der Waals surface area contributed by atoms with Gasteiger partial charge in [0.25, 0.3) is 0 Å². The maximum Gasteiger partial charge on any atom is 0.403 e. The molecule has 0 amide bonds. The Balaban J connectivity index is 1.61. The zero-order chi connectivity index (χ0) is 30.4. The summed E-state index contributed by atoms with van der Waals surface area (Å²) in [6, 6.07) is 14.6. The quantitative estimate of drug-likeness (QED) is 0.173. The van der Waals surface area contributed by atoms with Crippen molar-refractivity contribution in [3.63, 3.8) is 0 Å². The first-order valence-electron chi connectivity index (χ1n) is 13.3. The summed E-state index contributed by atoms with van der Waals surface area (Å²) < 4.78 is 35.2. The van der Waals surface area contributed by atoms with Crippen molar-refractivity contribution < 1.29 is 58.7 Å². The number of ether oxygens (including phenoxy) is 5. The number of methoxy groups -OCH3 is 2. The minimum absolute atomic E-state index is 0.0404. The highest BCUT2D eigenvalue weighted by Crippen LogP contribution is 2.50. The summed E-state index contributed by atoms with van der Waals surface area (Å²) in [6.45, 7) is -0.651. The van der Waals surface area contributed by atoms with Gasteiger partial charge in [-0.25, -0.2) is 4.42 Å². The van der Waals surface area contributed by atoms with Crippen molar-refractivity contribution in [2.45, 2.75) is 30.7 Å². The van der Waals surface area contributed by atoms with Gasteiger partial charge in [0, 0.05) is 23.8 Å². The fourth-order valence-electron chi connectivity index (χ4n) is 5.14. The number of aliphatic hydroxyl groups is 4. The fraction of sp³-hybridized carbons (Fsp3) is 0.258. The average Bonchev–Trinajstić information content (AvgIpc) is 3.02. The van der Waals surface area contributed by atoms with Crippen LogP contribution in [0.15, 0.2) is 59.0 Å². The van der Waals surface area contributed by atoms with Gasteiger partial charge in [0.15, 0.2) is 11.5 Å². The molecule has 0 bridgehead atoms. The molecule has 0 spiro atoms. The number of phenolic OH excluding ortho intramolecular Hbond substituents is 2. The second-order valence-electron chi connectivity index (χ2n) is 10.0. The maximum absolute atomic E-state index is 10.8. The fourth-order valence-corrected chi connectivity index (χ4v) is 5.14. The van der Waals surface area contributed by atoms with Gasteiger partial charge in [-0.2, -0.15) is 0 Å². The summed E-state index contributed by atoms with van der Waals surface area (Å²) in [6.07, 6.45) is -6.09. The van der Waals surface area contributed by atoms with Crippen LogP contribution in [0.1, 0.15) is 11.1 Å². The molecule has 1 saturated heterocycles. The predicted molar refractivity (Wildman–Crippen MR) is 152 cm³/mol. The third-order valence-electron chi connectivity index (χ3n) is 7.39. The summed E-state index contributed by atoms with van der Waals surface area (Å²) in [4.78, 5) is 0. The van der Waals surface area contributed by atoms with Crippen LogP contribution in [0.2, 0.25) is 0 Å². The van der Waals surface area contributed by atoms with E-state index in [1.54, 1.807) is 36.4 Å². The highest BCUT2D eigenvalue weighted by molar-refractivity contribution is 6.03. The Bertz CT molecular complexity index is 1670. The van der Waals surface area contributed by atoms with Crippen molar-refractivity contribution in [1.29, 1.82) is 0 Å². The normalized spacial score (nSPS) is 22.9. The zero-order valence-electron chi connectivity index (χ0n) is 23.0. The van der Waals surface area contributed by atoms with Crippen molar-refractivity contribution in [3.8, 4) is 45.8 Å². The van der Waals surface area contributed by atoms with Gasteiger partial charge in [-0.3, -0.25) is 0 Å². The number of aliphatic hydroxyl groups excluding tert-OH is 4. The molecule has 1 aromatic heterocycles. The standard InChI is InChI=1S/C31H28O12/c1-38-21-10-15(11-22(39-2)25(21)34)29-30(43-31-28(37)27(36)26(35)23(13-32)42-31)17-12-20(14-6-8-16(33)9-7-14)40-18-4-3-5-19(41-29)24(17)18/h3-12,23,26-28,31-32,35-37H,13H2,1-2H3,(H-,33,34)/p+1/t23-,26-,27+,28-,31+/m1/s1. The Morgan fingerprint density at radius 1 is 0.860 bits per heavy atom. The van der Waals surface area contributed by atoms with E-state index in [-0.39, 0.29) is 34.5 Å². The maximum atomic E-state index is 10.8. The Hall–Kier alpha value is -4.59. The van der Waals surface area contributed by atoms with E-state index in [9.17, 15) is 30.6 Å². The lowest BCUT2D eigenvalue weighted by Crippen LogP contribution is -2.60. The number of benzene rings is 3. The lowest BCUT2D eigenvalue weighted by molar-refractivity contribution is -0.277. The highest BCUT2D eigenvalue weighted by Gasteiger charge is 2.46. The van der Waals surface area contributed by atoms with Gasteiger partial charge in [0.2, 0.25) is 17.8 Å². The molecule has 0 unspecified atom stereocenters. The number of hydrogen-bond acceptors (Lipinski definition) is 11. The molecule has 5 atom stereocenters. The predicted octanol–water partition coefficient (Wildman–Crippen LogP) is 2.88. The average molecular weight is 594 g/mol. The molecule has 3 aromatic carbocycles. The Labute approximate surface area is 244 Å².